The molecule has 1 atom stereocenters. The largest absolute Gasteiger partial charge is 0.465 e. The zero-order chi connectivity index (χ0) is 12.6. The lowest BCUT2D eigenvalue weighted by Gasteiger charge is -2.28. The summed E-state index contributed by atoms with van der Waals surface area (Å²) >= 11 is 0. The van der Waals surface area contributed by atoms with Gasteiger partial charge in [0.1, 0.15) is 0 Å². The predicted molar refractivity (Wildman–Crippen MR) is 67.1 cm³/mol. The van der Waals surface area contributed by atoms with Gasteiger partial charge in [0.15, 0.2) is 0 Å². The maximum absolute atomic E-state index is 12.0. The molecule has 3 nitrogen and oxygen atoms in total. The molecule has 0 aliphatic rings. The van der Waals surface area contributed by atoms with Crippen LogP contribution in [-0.2, 0) is 9.53 Å². The van der Waals surface area contributed by atoms with Crippen LogP contribution in [0.15, 0.2) is 0 Å². The van der Waals surface area contributed by atoms with Crippen LogP contribution in [0.4, 0.5) is 0 Å². The molecule has 3 heteroatoms. The summed E-state index contributed by atoms with van der Waals surface area (Å²) in [6.07, 6.45) is 3.73. The summed E-state index contributed by atoms with van der Waals surface area (Å²) in [6, 6.07) is 0. The monoisotopic (exact) mass is 229 g/mol. The number of ether oxygens (including phenoxy) is 1. The molecule has 16 heavy (non-hydrogen) atoms. The summed E-state index contributed by atoms with van der Waals surface area (Å²) < 4.78 is 5.38. The van der Waals surface area contributed by atoms with Crippen LogP contribution < -0.4 is 5.73 Å². The molecule has 96 valence electrons. The van der Waals surface area contributed by atoms with E-state index in [1.165, 1.54) is 0 Å². The van der Waals surface area contributed by atoms with Gasteiger partial charge in [0.05, 0.1) is 12.0 Å². The van der Waals surface area contributed by atoms with Crippen molar-refractivity contribution in [2.75, 3.05) is 13.2 Å². The van der Waals surface area contributed by atoms with E-state index < -0.39 is 5.41 Å². The van der Waals surface area contributed by atoms with Gasteiger partial charge in [-0.05, 0) is 25.2 Å². The Morgan fingerprint density at radius 3 is 2.25 bits per heavy atom. The Morgan fingerprint density at radius 2 is 1.88 bits per heavy atom. The van der Waals surface area contributed by atoms with Crippen LogP contribution in [-0.4, -0.2) is 19.1 Å². The number of carbonyl (C=O) groups excluding carboxylic acids is 1. The SMILES string of the molecule is CCCC(C)COC(=O)C(CC)(CC)CN. The molecular formula is C13H27NO2. The number of hydrogen-bond donors (Lipinski definition) is 1. The van der Waals surface area contributed by atoms with Gasteiger partial charge in [-0.1, -0.05) is 34.1 Å². The number of carbonyl (C=O) groups is 1. The van der Waals surface area contributed by atoms with Gasteiger partial charge < -0.3 is 10.5 Å². The molecule has 0 fully saturated rings. The second-order valence-electron chi connectivity index (χ2n) is 4.68. The second kappa shape index (κ2) is 7.66. The third-order valence-corrected chi connectivity index (χ3v) is 3.46. The smallest absolute Gasteiger partial charge is 0.313 e. The van der Waals surface area contributed by atoms with Crippen LogP contribution in [0.3, 0.4) is 0 Å². The van der Waals surface area contributed by atoms with E-state index in [0.29, 0.717) is 19.1 Å². The molecule has 2 N–H and O–H groups in total. The highest BCUT2D eigenvalue weighted by Gasteiger charge is 2.35. The van der Waals surface area contributed by atoms with E-state index in [2.05, 4.69) is 13.8 Å². The molecule has 0 amide bonds. The van der Waals surface area contributed by atoms with Crippen LogP contribution in [0.25, 0.3) is 0 Å². The molecule has 0 rings (SSSR count). The Bertz CT molecular complexity index is 192. The molecule has 0 radical (unpaired) electrons. The molecule has 0 aliphatic carbocycles. The molecular weight excluding hydrogens is 202 g/mol. The first-order valence-electron chi connectivity index (χ1n) is 6.43. The number of rotatable bonds is 8. The van der Waals surface area contributed by atoms with Crippen molar-refractivity contribution in [1.29, 1.82) is 0 Å². The summed E-state index contributed by atoms with van der Waals surface area (Å²) in [6.45, 7) is 9.13. The minimum Gasteiger partial charge on any atom is -0.465 e. The topological polar surface area (TPSA) is 52.3 Å². The second-order valence-corrected chi connectivity index (χ2v) is 4.68. The van der Waals surface area contributed by atoms with Crippen LogP contribution in [0.5, 0.6) is 0 Å². The number of esters is 1. The first-order chi connectivity index (χ1) is 7.56. The van der Waals surface area contributed by atoms with Gasteiger partial charge in [-0.2, -0.15) is 0 Å². The van der Waals surface area contributed by atoms with E-state index in [0.717, 1.165) is 25.7 Å². The van der Waals surface area contributed by atoms with Crippen molar-refractivity contribution in [3.8, 4) is 0 Å². The molecule has 1 unspecified atom stereocenters. The van der Waals surface area contributed by atoms with Gasteiger partial charge in [0.2, 0.25) is 0 Å². The molecule has 0 heterocycles. The lowest BCUT2D eigenvalue weighted by atomic mass is 9.82. The molecule has 0 aromatic rings. The number of hydrogen-bond acceptors (Lipinski definition) is 3. The molecule has 0 aliphatic heterocycles. The molecule has 0 aromatic carbocycles. The van der Waals surface area contributed by atoms with Crippen molar-refractivity contribution in [2.24, 2.45) is 17.1 Å². The molecule has 0 aromatic heterocycles. The fourth-order valence-corrected chi connectivity index (χ4v) is 1.86. The first kappa shape index (κ1) is 15.4. The summed E-state index contributed by atoms with van der Waals surface area (Å²) in [4.78, 5) is 12.0. The van der Waals surface area contributed by atoms with Crippen molar-refractivity contribution in [1.82, 2.24) is 0 Å². The first-order valence-corrected chi connectivity index (χ1v) is 6.43. The Kier molecular flexibility index (Phi) is 7.39. The minimum absolute atomic E-state index is 0.122. The van der Waals surface area contributed by atoms with E-state index in [9.17, 15) is 4.79 Å². The molecule has 0 saturated heterocycles. The Morgan fingerprint density at radius 1 is 1.31 bits per heavy atom. The van der Waals surface area contributed by atoms with E-state index in [1.807, 2.05) is 13.8 Å². The predicted octanol–water partition coefficient (Wildman–Crippen LogP) is 2.73. The summed E-state index contributed by atoms with van der Waals surface area (Å²) in [7, 11) is 0. The van der Waals surface area contributed by atoms with Gasteiger partial charge in [0, 0.05) is 6.54 Å². The molecule has 0 bridgehead atoms. The fourth-order valence-electron chi connectivity index (χ4n) is 1.86. The Balaban J connectivity index is 4.21. The zero-order valence-electron chi connectivity index (χ0n) is 11.2. The summed E-state index contributed by atoms with van der Waals surface area (Å²) in [5.41, 5.74) is 5.23. The van der Waals surface area contributed by atoms with Gasteiger partial charge in [-0.15, -0.1) is 0 Å². The maximum Gasteiger partial charge on any atom is 0.313 e. The van der Waals surface area contributed by atoms with Crippen LogP contribution >= 0.6 is 0 Å². The standard InChI is InChI=1S/C13H27NO2/c1-5-8-11(4)9-16-12(15)13(6-2,7-3)10-14/h11H,5-10,14H2,1-4H3. The van der Waals surface area contributed by atoms with E-state index in [-0.39, 0.29) is 5.97 Å². The highest BCUT2D eigenvalue weighted by Crippen LogP contribution is 2.26. The highest BCUT2D eigenvalue weighted by molar-refractivity contribution is 5.77. The summed E-state index contributed by atoms with van der Waals surface area (Å²) in [5.74, 6) is 0.320. The lowest BCUT2D eigenvalue weighted by molar-refractivity contribution is -0.157. The van der Waals surface area contributed by atoms with Crippen molar-refractivity contribution in [3.63, 3.8) is 0 Å². The zero-order valence-corrected chi connectivity index (χ0v) is 11.2. The van der Waals surface area contributed by atoms with Gasteiger partial charge in [-0.25, -0.2) is 0 Å². The molecule has 0 saturated carbocycles. The maximum atomic E-state index is 12.0. The average molecular weight is 229 g/mol. The van der Waals surface area contributed by atoms with Crippen molar-refractivity contribution >= 4 is 5.97 Å². The van der Waals surface area contributed by atoms with Crippen molar-refractivity contribution in [2.45, 2.75) is 53.4 Å². The van der Waals surface area contributed by atoms with Gasteiger partial charge in [-0.3, -0.25) is 4.79 Å². The van der Waals surface area contributed by atoms with Crippen molar-refractivity contribution < 1.29 is 9.53 Å². The van der Waals surface area contributed by atoms with Crippen LogP contribution in [0.2, 0.25) is 0 Å². The van der Waals surface area contributed by atoms with Gasteiger partial charge in [0.25, 0.3) is 0 Å². The minimum atomic E-state index is -0.466. The Labute approximate surface area is 99.7 Å². The lowest BCUT2D eigenvalue weighted by Crippen LogP contribution is -2.39. The quantitative estimate of drug-likeness (QED) is 0.651. The van der Waals surface area contributed by atoms with Gasteiger partial charge >= 0.3 is 5.97 Å². The Hall–Kier alpha value is -0.570. The highest BCUT2D eigenvalue weighted by atomic mass is 16.5. The molecule has 0 spiro atoms. The average Bonchev–Trinajstić information content (AvgIpc) is 2.30. The van der Waals surface area contributed by atoms with Crippen molar-refractivity contribution in [3.05, 3.63) is 0 Å². The normalized spacial score (nSPS) is 13.6. The van der Waals surface area contributed by atoms with Crippen LogP contribution in [0.1, 0.15) is 53.4 Å². The van der Waals surface area contributed by atoms with E-state index >= 15 is 0 Å². The fraction of sp³-hybridized carbons (Fsp3) is 0.923. The van der Waals surface area contributed by atoms with E-state index in [1.54, 1.807) is 0 Å². The van der Waals surface area contributed by atoms with E-state index in [4.69, 9.17) is 10.5 Å². The number of nitrogens with two attached hydrogens (primary N) is 1. The van der Waals surface area contributed by atoms with Crippen LogP contribution in [0, 0.1) is 11.3 Å². The third kappa shape index (κ3) is 4.12. The third-order valence-electron chi connectivity index (χ3n) is 3.46. The summed E-state index contributed by atoms with van der Waals surface area (Å²) in [5, 5.41) is 0.